The van der Waals surface area contributed by atoms with E-state index in [-0.39, 0.29) is 12.5 Å². The molecule has 1 aromatic heterocycles. The molecule has 0 aromatic carbocycles. The number of esters is 1. The maximum absolute atomic E-state index is 12.1. The second-order valence-electron chi connectivity index (χ2n) is 3.42. The first-order chi connectivity index (χ1) is 8.58. The highest BCUT2D eigenvalue weighted by Gasteiger charge is 2.19. The highest BCUT2D eigenvalue weighted by Crippen LogP contribution is 2.21. The molecule has 0 bridgehead atoms. The molecule has 4 nitrogen and oxygen atoms in total. The first-order valence-electron chi connectivity index (χ1n) is 5.38. The fourth-order valence-electron chi connectivity index (χ4n) is 1.34. The third-order valence-electron chi connectivity index (χ3n) is 2.08. The quantitative estimate of drug-likeness (QED) is 0.594. The topological polar surface area (TPSA) is 46.6 Å². The van der Waals surface area contributed by atoms with E-state index in [0.29, 0.717) is 18.7 Å². The molecule has 6 heteroatoms. The molecule has 0 N–H and O–H groups in total. The van der Waals surface area contributed by atoms with Crippen LogP contribution in [0.25, 0.3) is 0 Å². The molecular weight excluding hydrogens is 318 g/mol. The molecule has 0 atom stereocenters. The molecule has 0 saturated carbocycles. The minimum Gasteiger partial charge on any atom is -0.465 e. The Labute approximate surface area is 118 Å². The Morgan fingerprint density at radius 1 is 1.61 bits per heavy atom. The Balaban J connectivity index is 2.74. The molecule has 0 aliphatic carbocycles. The molecule has 98 valence electrons. The number of halogens is 1. The number of hydrogen-bond donors (Lipinski definition) is 0. The van der Waals surface area contributed by atoms with E-state index >= 15 is 0 Å². The Kier molecular flexibility index (Phi) is 6.07. The number of carbonyl (C=O) groups is 2. The van der Waals surface area contributed by atoms with Crippen molar-refractivity contribution < 1.29 is 14.3 Å². The predicted molar refractivity (Wildman–Crippen MR) is 74.8 cm³/mol. The van der Waals surface area contributed by atoms with Crippen LogP contribution in [0, 0.1) is 0 Å². The van der Waals surface area contributed by atoms with Gasteiger partial charge in [0.05, 0.1) is 16.0 Å². The van der Waals surface area contributed by atoms with Gasteiger partial charge >= 0.3 is 5.97 Å². The molecule has 1 heterocycles. The van der Waals surface area contributed by atoms with E-state index in [0.717, 1.165) is 3.79 Å². The number of thiophene rings is 1. The summed E-state index contributed by atoms with van der Waals surface area (Å²) in [4.78, 5) is 25.0. The van der Waals surface area contributed by atoms with Crippen LogP contribution in [-0.2, 0) is 9.53 Å². The zero-order valence-electron chi connectivity index (χ0n) is 10.0. The molecule has 0 fully saturated rings. The molecule has 0 radical (unpaired) electrons. The van der Waals surface area contributed by atoms with Crippen LogP contribution in [0.3, 0.4) is 0 Å². The van der Waals surface area contributed by atoms with Crippen molar-refractivity contribution in [2.75, 3.05) is 19.7 Å². The summed E-state index contributed by atoms with van der Waals surface area (Å²) in [5.74, 6) is -0.619. The lowest BCUT2D eigenvalue weighted by atomic mass is 10.3. The molecule has 0 spiro atoms. The third kappa shape index (κ3) is 4.27. The monoisotopic (exact) mass is 331 g/mol. The van der Waals surface area contributed by atoms with E-state index in [2.05, 4.69) is 22.5 Å². The number of rotatable bonds is 6. The van der Waals surface area contributed by atoms with Crippen LogP contribution in [0.1, 0.15) is 17.3 Å². The van der Waals surface area contributed by atoms with Gasteiger partial charge in [-0.1, -0.05) is 6.08 Å². The fraction of sp³-hybridized carbons (Fsp3) is 0.333. The Bertz CT molecular complexity index is 444. The second-order valence-corrected chi connectivity index (χ2v) is 5.71. The van der Waals surface area contributed by atoms with Crippen molar-refractivity contribution in [1.29, 1.82) is 0 Å². The van der Waals surface area contributed by atoms with Gasteiger partial charge in [-0.05, 0) is 28.9 Å². The maximum atomic E-state index is 12.1. The lowest BCUT2D eigenvalue weighted by Crippen LogP contribution is -2.36. The van der Waals surface area contributed by atoms with Crippen LogP contribution < -0.4 is 0 Å². The highest BCUT2D eigenvalue weighted by atomic mass is 79.9. The fourth-order valence-corrected chi connectivity index (χ4v) is 2.47. The van der Waals surface area contributed by atoms with Gasteiger partial charge in [0.15, 0.2) is 0 Å². The van der Waals surface area contributed by atoms with Gasteiger partial charge in [0, 0.05) is 11.9 Å². The molecule has 1 aromatic rings. The SMILES string of the molecule is C=CCN(CC(=O)OCC)C(=O)c1csc(Br)c1. The lowest BCUT2D eigenvalue weighted by Gasteiger charge is -2.19. The lowest BCUT2D eigenvalue weighted by molar-refractivity contribution is -0.143. The minimum absolute atomic E-state index is 0.0633. The zero-order chi connectivity index (χ0) is 13.5. The van der Waals surface area contributed by atoms with Crippen LogP contribution in [0.2, 0.25) is 0 Å². The second kappa shape index (κ2) is 7.33. The summed E-state index contributed by atoms with van der Waals surface area (Å²) >= 11 is 4.72. The summed E-state index contributed by atoms with van der Waals surface area (Å²) in [6.45, 7) is 5.86. The Morgan fingerprint density at radius 2 is 2.33 bits per heavy atom. The average molecular weight is 332 g/mol. The van der Waals surface area contributed by atoms with Gasteiger partial charge in [-0.15, -0.1) is 17.9 Å². The van der Waals surface area contributed by atoms with Crippen LogP contribution in [-0.4, -0.2) is 36.5 Å². The average Bonchev–Trinajstić information content (AvgIpc) is 2.75. The van der Waals surface area contributed by atoms with E-state index < -0.39 is 5.97 Å². The van der Waals surface area contributed by atoms with Gasteiger partial charge in [-0.2, -0.15) is 0 Å². The van der Waals surface area contributed by atoms with E-state index in [1.165, 1.54) is 16.2 Å². The van der Waals surface area contributed by atoms with Gasteiger partial charge in [0.1, 0.15) is 6.54 Å². The normalized spacial score (nSPS) is 9.89. The van der Waals surface area contributed by atoms with Crippen molar-refractivity contribution in [3.8, 4) is 0 Å². The molecule has 0 aliphatic heterocycles. The molecule has 1 rings (SSSR count). The molecular formula is C12H14BrNO3S. The molecule has 1 amide bonds. The van der Waals surface area contributed by atoms with Gasteiger partial charge in [-0.3, -0.25) is 9.59 Å². The first-order valence-corrected chi connectivity index (χ1v) is 7.05. The molecule has 18 heavy (non-hydrogen) atoms. The zero-order valence-corrected chi connectivity index (χ0v) is 12.4. The summed E-state index contributed by atoms with van der Waals surface area (Å²) in [6, 6.07) is 1.73. The van der Waals surface area contributed by atoms with Gasteiger partial charge < -0.3 is 9.64 Å². The van der Waals surface area contributed by atoms with Crippen molar-refractivity contribution in [3.63, 3.8) is 0 Å². The number of nitrogens with zero attached hydrogens (tertiary/aromatic N) is 1. The third-order valence-corrected chi connectivity index (χ3v) is 3.58. The first kappa shape index (κ1) is 14.9. The van der Waals surface area contributed by atoms with Crippen molar-refractivity contribution in [2.24, 2.45) is 0 Å². The highest BCUT2D eigenvalue weighted by molar-refractivity contribution is 9.11. The van der Waals surface area contributed by atoms with Gasteiger partial charge in [0.25, 0.3) is 5.91 Å². The van der Waals surface area contributed by atoms with Crippen LogP contribution in [0.15, 0.2) is 27.9 Å². The summed E-state index contributed by atoms with van der Waals surface area (Å²) in [7, 11) is 0. The Morgan fingerprint density at radius 3 is 2.83 bits per heavy atom. The van der Waals surface area contributed by atoms with E-state index in [1.54, 1.807) is 24.4 Å². The summed E-state index contributed by atoms with van der Waals surface area (Å²) in [5.41, 5.74) is 0.554. The number of carbonyl (C=O) groups excluding carboxylic acids is 2. The molecule has 0 saturated heterocycles. The number of ether oxygens (including phenoxy) is 1. The van der Waals surface area contributed by atoms with Crippen molar-refractivity contribution in [3.05, 3.63) is 33.5 Å². The summed E-state index contributed by atoms with van der Waals surface area (Å²) in [6.07, 6.45) is 1.58. The predicted octanol–water partition coefficient (Wildman–Crippen LogP) is 2.70. The van der Waals surface area contributed by atoms with E-state index in [9.17, 15) is 9.59 Å². The van der Waals surface area contributed by atoms with E-state index in [1.807, 2.05) is 0 Å². The Hall–Kier alpha value is -1.14. The van der Waals surface area contributed by atoms with Crippen LogP contribution in [0.5, 0.6) is 0 Å². The minimum atomic E-state index is -0.415. The number of hydrogen-bond acceptors (Lipinski definition) is 4. The maximum Gasteiger partial charge on any atom is 0.325 e. The smallest absolute Gasteiger partial charge is 0.325 e. The van der Waals surface area contributed by atoms with Crippen molar-refractivity contribution in [1.82, 2.24) is 4.90 Å². The van der Waals surface area contributed by atoms with E-state index in [4.69, 9.17) is 4.74 Å². The van der Waals surface area contributed by atoms with Crippen molar-refractivity contribution in [2.45, 2.75) is 6.92 Å². The molecule has 0 unspecified atom stereocenters. The summed E-state index contributed by atoms with van der Waals surface area (Å²) < 4.78 is 5.71. The van der Waals surface area contributed by atoms with Crippen LogP contribution in [0.4, 0.5) is 0 Å². The van der Waals surface area contributed by atoms with Crippen LogP contribution >= 0.6 is 27.3 Å². The molecule has 0 aliphatic rings. The van der Waals surface area contributed by atoms with Gasteiger partial charge in [0.2, 0.25) is 0 Å². The summed E-state index contributed by atoms with van der Waals surface area (Å²) in [5, 5.41) is 1.74. The standard InChI is InChI=1S/C12H14BrNO3S/c1-3-5-14(7-11(15)17-4-2)12(16)9-6-10(13)18-8-9/h3,6,8H,1,4-5,7H2,2H3. The largest absolute Gasteiger partial charge is 0.465 e. The van der Waals surface area contributed by atoms with Gasteiger partial charge in [-0.25, -0.2) is 0 Å². The van der Waals surface area contributed by atoms with Crippen molar-refractivity contribution >= 4 is 39.1 Å². The number of amides is 1.